The minimum atomic E-state index is -5.75. The number of alkyl halides is 2. The number of fused-ring (bicyclic) bond motifs is 2. The predicted molar refractivity (Wildman–Crippen MR) is 155 cm³/mol. The fraction of sp³-hybridized carbons (Fsp3) is 0.448. The van der Waals surface area contributed by atoms with Crippen LogP contribution in [0.3, 0.4) is 0 Å². The lowest BCUT2D eigenvalue weighted by Gasteiger charge is -2.42. The van der Waals surface area contributed by atoms with Gasteiger partial charge in [-0.05, 0) is 66.8 Å². The van der Waals surface area contributed by atoms with Gasteiger partial charge in [0.1, 0.15) is 12.1 Å². The molecular formula is C29H31F2N4O6PS. The maximum Gasteiger partial charge on any atom is 0.399 e. The Labute approximate surface area is 250 Å². The van der Waals surface area contributed by atoms with E-state index in [-0.39, 0.29) is 40.0 Å². The molecule has 0 radical (unpaired) electrons. The molecule has 0 aliphatic carbocycles. The molecule has 6 rings (SSSR count). The van der Waals surface area contributed by atoms with E-state index in [1.54, 1.807) is 22.2 Å². The van der Waals surface area contributed by atoms with Crippen LogP contribution in [-0.2, 0) is 19.8 Å². The maximum absolute atomic E-state index is 14.2. The zero-order valence-corrected chi connectivity index (χ0v) is 24.9. The van der Waals surface area contributed by atoms with E-state index < -0.39 is 36.8 Å². The van der Waals surface area contributed by atoms with Crippen LogP contribution in [0.5, 0.6) is 0 Å². The number of aromatic nitrogens is 1. The molecule has 3 amide bonds. The molecule has 3 fully saturated rings. The van der Waals surface area contributed by atoms with Crippen LogP contribution < -0.4 is 5.32 Å². The Morgan fingerprint density at radius 2 is 1.91 bits per heavy atom. The molecule has 3 aromatic rings. The molecule has 2 aromatic heterocycles. The van der Waals surface area contributed by atoms with E-state index in [0.717, 1.165) is 35.5 Å². The minimum absolute atomic E-state index is 0.0805. The molecular weight excluding hydrogens is 601 g/mol. The van der Waals surface area contributed by atoms with Crippen molar-refractivity contribution >= 4 is 46.7 Å². The first-order valence-corrected chi connectivity index (χ1v) is 16.6. The molecule has 43 heavy (non-hydrogen) atoms. The highest BCUT2D eigenvalue weighted by Crippen LogP contribution is 2.59. The molecule has 0 unspecified atom stereocenters. The summed E-state index contributed by atoms with van der Waals surface area (Å²) in [7, 11) is -5.75. The molecule has 1 aromatic carbocycles. The number of nitrogens with one attached hydrogen (secondary N) is 1. The molecule has 0 bridgehead atoms. The summed E-state index contributed by atoms with van der Waals surface area (Å²) in [5.41, 5.74) is -4.15. The molecule has 10 nitrogen and oxygen atoms in total. The largest absolute Gasteiger partial charge is 0.399 e. The highest BCUT2D eigenvalue weighted by atomic mass is 32.1. The van der Waals surface area contributed by atoms with Gasteiger partial charge < -0.3 is 24.9 Å². The molecule has 0 spiro atoms. The average molecular weight is 633 g/mol. The zero-order valence-electron chi connectivity index (χ0n) is 23.2. The second-order valence-electron chi connectivity index (χ2n) is 11.8. The maximum atomic E-state index is 14.2. The van der Waals surface area contributed by atoms with Gasteiger partial charge in [-0.1, -0.05) is 19.1 Å². The van der Waals surface area contributed by atoms with Crippen molar-refractivity contribution in [3.63, 3.8) is 0 Å². The van der Waals surface area contributed by atoms with Crippen LogP contribution >= 0.6 is 18.9 Å². The van der Waals surface area contributed by atoms with E-state index >= 15 is 0 Å². The minimum Gasteiger partial charge on any atom is -0.340 e. The first-order chi connectivity index (χ1) is 20.3. The van der Waals surface area contributed by atoms with E-state index in [1.165, 1.54) is 12.1 Å². The predicted octanol–water partition coefficient (Wildman–Crippen LogP) is 4.04. The molecule has 14 heteroatoms. The molecule has 228 valence electrons. The molecule has 5 heterocycles. The van der Waals surface area contributed by atoms with Crippen LogP contribution in [0, 0.1) is 5.92 Å². The Morgan fingerprint density at radius 3 is 2.60 bits per heavy atom. The quantitative estimate of drug-likeness (QED) is 0.349. The number of hydrogen-bond acceptors (Lipinski definition) is 6. The Morgan fingerprint density at radius 1 is 1.14 bits per heavy atom. The smallest absolute Gasteiger partial charge is 0.340 e. The Hall–Kier alpha value is -3.25. The van der Waals surface area contributed by atoms with Crippen LogP contribution in [0.15, 0.2) is 48.8 Å². The molecule has 3 saturated heterocycles. The first-order valence-electron chi connectivity index (χ1n) is 14.1. The molecule has 3 aliphatic heterocycles. The van der Waals surface area contributed by atoms with Crippen LogP contribution in [0.25, 0.3) is 10.1 Å². The number of amides is 3. The lowest BCUT2D eigenvalue weighted by molar-refractivity contribution is -0.148. The van der Waals surface area contributed by atoms with Crippen molar-refractivity contribution in [2.75, 3.05) is 13.1 Å². The third-order valence-corrected chi connectivity index (χ3v) is 10.9. The standard InChI is InChI=1S/C29H31F2N4O6PS/c1-16-9-21-5-6-23(28(38)34-14-19(15-34)17-3-2-8-32-13-17)35(21)27(37)22(10-16)33-26(36)25-12-18-11-20(4-7-24(18)43-25)29(30,31)42(39,40)41/h2-4,7-8,11-13,16,19,21-23H,5-6,9-10,14-15H2,1H3,(H,33,36)(H2,39,40,41)/t16-,21+,22-,23-/m0/s1. The van der Waals surface area contributed by atoms with Gasteiger partial charge in [-0.15, -0.1) is 11.3 Å². The van der Waals surface area contributed by atoms with Gasteiger partial charge in [-0.3, -0.25) is 23.9 Å². The number of benzene rings is 1. The van der Waals surface area contributed by atoms with Crippen molar-refractivity contribution in [1.29, 1.82) is 0 Å². The van der Waals surface area contributed by atoms with E-state index in [0.29, 0.717) is 37.1 Å². The van der Waals surface area contributed by atoms with Crippen molar-refractivity contribution in [3.8, 4) is 0 Å². The Kier molecular flexibility index (Phi) is 7.65. The summed E-state index contributed by atoms with van der Waals surface area (Å²) in [5.74, 6) is -0.618. The lowest BCUT2D eigenvalue weighted by atomic mass is 9.91. The topological polar surface area (TPSA) is 140 Å². The summed E-state index contributed by atoms with van der Waals surface area (Å²) in [6.07, 6.45) is 5.91. The van der Waals surface area contributed by atoms with Crippen LogP contribution in [-0.4, -0.2) is 73.5 Å². The molecule has 0 saturated carbocycles. The van der Waals surface area contributed by atoms with Crippen molar-refractivity contribution in [3.05, 3.63) is 64.8 Å². The summed E-state index contributed by atoms with van der Waals surface area (Å²) in [6.45, 7) is 3.15. The highest BCUT2D eigenvalue weighted by Gasteiger charge is 2.51. The number of nitrogens with zero attached hydrogens (tertiary/aromatic N) is 3. The fourth-order valence-corrected chi connectivity index (χ4v) is 7.91. The van der Waals surface area contributed by atoms with Gasteiger partial charge in [0.05, 0.1) is 4.88 Å². The van der Waals surface area contributed by atoms with E-state index in [4.69, 9.17) is 9.79 Å². The van der Waals surface area contributed by atoms with E-state index in [9.17, 15) is 27.7 Å². The summed E-state index contributed by atoms with van der Waals surface area (Å²) in [6, 6.07) is 6.86. The number of carbonyl (C=O) groups excluding carboxylic acids is 3. The van der Waals surface area contributed by atoms with Gasteiger partial charge in [0.2, 0.25) is 11.8 Å². The highest BCUT2D eigenvalue weighted by molar-refractivity contribution is 7.52. The van der Waals surface area contributed by atoms with E-state index in [1.807, 2.05) is 19.1 Å². The third-order valence-electron chi connectivity index (χ3n) is 8.76. The summed E-state index contributed by atoms with van der Waals surface area (Å²) in [5, 5.41) is 3.05. The third kappa shape index (κ3) is 5.48. The Bertz CT molecular complexity index is 1630. The molecule has 3 N–H and O–H groups in total. The number of likely N-dealkylation sites (tertiary alicyclic amines) is 1. The monoisotopic (exact) mass is 632 g/mol. The first kappa shape index (κ1) is 29.8. The lowest BCUT2D eigenvalue weighted by Crippen LogP contribution is -2.58. The van der Waals surface area contributed by atoms with Gasteiger partial charge in [0.15, 0.2) is 0 Å². The number of halogens is 2. The zero-order chi connectivity index (χ0) is 30.7. The summed E-state index contributed by atoms with van der Waals surface area (Å²) < 4.78 is 40.3. The number of thiophene rings is 1. The number of hydrogen-bond donors (Lipinski definition) is 3. The van der Waals surface area contributed by atoms with E-state index in [2.05, 4.69) is 10.3 Å². The fourth-order valence-electron chi connectivity index (χ4n) is 6.49. The Balaban J connectivity index is 1.17. The number of rotatable bonds is 6. The normalized spacial score (nSPS) is 24.9. The van der Waals surface area contributed by atoms with Crippen LogP contribution in [0.2, 0.25) is 0 Å². The van der Waals surface area contributed by atoms with Crippen molar-refractivity contribution < 1.29 is 37.5 Å². The van der Waals surface area contributed by atoms with Crippen LogP contribution in [0.1, 0.15) is 59.3 Å². The van der Waals surface area contributed by atoms with Crippen molar-refractivity contribution in [2.24, 2.45) is 5.92 Å². The second-order valence-corrected chi connectivity index (χ2v) is 14.5. The van der Waals surface area contributed by atoms with Gasteiger partial charge in [-0.2, -0.15) is 8.78 Å². The van der Waals surface area contributed by atoms with Crippen LogP contribution in [0.4, 0.5) is 8.78 Å². The van der Waals surface area contributed by atoms with Gasteiger partial charge in [0.25, 0.3) is 5.91 Å². The van der Waals surface area contributed by atoms with Gasteiger partial charge in [0, 0.05) is 47.7 Å². The van der Waals surface area contributed by atoms with Gasteiger partial charge >= 0.3 is 13.3 Å². The molecule has 4 atom stereocenters. The SMILES string of the molecule is C[C@H]1C[C@H]2CC[C@@H](C(=O)N3CC(c4cccnc4)C3)N2C(=O)[C@@H](NC(=O)c2cc3cc(C(F)(F)P(=O)(O)O)ccc3s2)C1. The summed E-state index contributed by atoms with van der Waals surface area (Å²) >= 11 is 1.02. The van der Waals surface area contributed by atoms with Gasteiger partial charge in [-0.25, -0.2) is 0 Å². The molecule has 3 aliphatic rings. The summed E-state index contributed by atoms with van der Waals surface area (Å²) in [4.78, 5) is 66.6. The number of pyridine rings is 1. The number of carbonyl (C=O) groups is 3. The van der Waals surface area contributed by atoms with Crippen molar-refractivity contribution in [2.45, 2.75) is 62.3 Å². The second kappa shape index (κ2) is 11.0. The average Bonchev–Trinajstić information content (AvgIpc) is 3.52. The van der Waals surface area contributed by atoms with Crippen molar-refractivity contribution in [1.82, 2.24) is 20.1 Å².